The predicted molar refractivity (Wildman–Crippen MR) is 120 cm³/mol. The molecule has 6 nitrogen and oxygen atoms in total. The van der Waals surface area contributed by atoms with Crippen LogP contribution >= 0.6 is 11.3 Å². The Balaban J connectivity index is 1.50. The molecule has 0 aliphatic rings. The molecule has 0 bridgehead atoms. The van der Waals surface area contributed by atoms with E-state index in [0.717, 1.165) is 27.5 Å². The predicted octanol–water partition coefficient (Wildman–Crippen LogP) is 5.34. The summed E-state index contributed by atoms with van der Waals surface area (Å²) in [5.41, 5.74) is 4.85. The van der Waals surface area contributed by atoms with Crippen molar-refractivity contribution in [3.05, 3.63) is 88.4 Å². The van der Waals surface area contributed by atoms with Gasteiger partial charge in [0.2, 0.25) is 10.9 Å². The highest BCUT2D eigenvalue weighted by Crippen LogP contribution is 2.28. The van der Waals surface area contributed by atoms with Crippen LogP contribution in [0.5, 0.6) is 0 Å². The van der Waals surface area contributed by atoms with Gasteiger partial charge in [-0.3, -0.25) is 0 Å². The summed E-state index contributed by atoms with van der Waals surface area (Å²) < 4.78 is 15.1. The Morgan fingerprint density at radius 2 is 1.74 bits per heavy atom. The third kappa shape index (κ3) is 3.89. The monoisotopic (exact) mass is 430 g/mol. The lowest BCUT2D eigenvalue weighted by atomic mass is 10.0. The molecule has 0 saturated carbocycles. The highest BCUT2D eigenvalue weighted by atomic mass is 32.1. The standard InChI is InChI=1S/C23H19FN6S/c1-14-19(12-16-6-4-3-5-7-16)21(26-15(2)25-14)27-22-28-23-30(29-22)20(13-31-23)17-8-10-18(24)11-9-17/h3-11,13H,12H2,1-2H3,(H,25,26,27,29). The average Bonchev–Trinajstić information content (AvgIpc) is 3.32. The van der Waals surface area contributed by atoms with Crippen LogP contribution in [0, 0.1) is 19.7 Å². The van der Waals surface area contributed by atoms with Crippen molar-refractivity contribution in [3.8, 4) is 11.3 Å². The fraction of sp³-hybridized carbons (Fsp3) is 0.130. The van der Waals surface area contributed by atoms with Crippen molar-refractivity contribution in [2.24, 2.45) is 0 Å². The van der Waals surface area contributed by atoms with Crippen molar-refractivity contribution in [1.29, 1.82) is 0 Å². The molecule has 0 saturated heterocycles. The second-order valence-corrected chi connectivity index (χ2v) is 8.06. The normalized spacial score (nSPS) is 11.2. The number of aromatic nitrogens is 5. The molecule has 154 valence electrons. The Morgan fingerprint density at radius 3 is 2.52 bits per heavy atom. The molecule has 2 aromatic carbocycles. The fourth-order valence-electron chi connectivity index (χ4n) is 3.51. The number of nitrogens with one attached hydrogen (secondary N) is 1. The molecule has 0 radical (unpaired) electrons. The largest absolute Gasteiger partial charge is 0.307 e. The smallest absolute Gasteiger partial charge is 0.249 e. The first kappa shape index (κ1) is 19.3. The molecule has 1 N–H and O–H groups in total. The third-order valence-corrected chi connectivity index (χ3v) is 5.82. The van der Waals surface area contributed by atoms with Crippen molar-refractivity contribution in [1.82, 2.24) is 24.6 Å². The van der Waals surface area contributed by atoms with Crippen molar-refractivity contribution < 1.29 is 4.39 Å². The molecular formula is C23H19FN6S. The van der Waals surface area contributed by atoms with E-state index >= 15 is 0 Å². The van der Waals surface area contributed by atoms with Gasteiger partial charge in [-0.1, -0.05) is 30.3 Å². The maximum atomic E-state index is 13.3. The van der Waals surface area contributed by atoms with Crippen LogP contribution in [0.15, 0.2) is 60.0 Å². The average molecular weight is 431 g/mol. The number of halogens is 1. The minimum absolute atomic E-state index is 0.267. The highest BCUT2D eigenvalue weighted by Gasteiger charge is 2.16. The summed E-state index contributed by atoms with van der Waals surface area (Å²) in [7, 11) is 0. The van der Waals surface area contributed by atoms with Crippen molar-refractivity contribution in [2.75, 3.05) is 5.32 Å². The van der Waals surface area contributed by atoms with Crippen LogP contribution in [0.3, 0.4) is 0 Å². The summed E-state index contributed by atoms with van der Waals surface area (Å²) in [6.45, 7) is 3.86. The van der Waals surface area contributed by atoms with Crippen molar-refractivity contribution in [3.63, 3.8) is 0 Å². The zero-order valence-corrected chi connectivity index (χ0v) is 17.8. The summed E-state index contributed by atoms with van der Waals surface area (Å²) in [5.74, 6) is 1.58. The molecule has 5 rings (SSSR count). The molecule has 0 atom stereocenters. The van der Waals surface area contributed by atoms with E-state index < -0.39 is 0 Å². The van der Waals surface area contributed by atoms with E-state index in [4.69, 9.17) is 0 Å². The van der Waals surface area contributed by atoms with Crippen LogP contribution in [0.1, 0.15) is 22.6 Å². The van der Waals surface area contributed by atoms with E-state index in [1.807, 2.05) is 37.4 Å². The number of hydrogen-bond donors (Lipinski definition) is 1. The van der Waals surface area contributed by atoms with Crippen molar-refractivity contribution in [2.45, 2.75) is 20.3 Å². The van der Waals surface area contributed by atoms with Gasteiger partial charge in [0.25, 0.3) is 0 Å². The second kappa shape index (κ2) is 7.88. The number of benzene rings is 2. The maximum Gasteiger partial charge on any atom is 0.249 e. The van der Waals surface area contributed by atoms with Gasteiger partial charge in [-0.05, 0) is 43.7 Å². The van der Waals surface area contributed by atoms with Gasteiger partial charge in [-0.15, -0.1) is 16.4 Å². The number of rotatable bonds is 5. The number of hydrogen-bond acceptors (Lipinski definition) is 6. The topological polar surface area (TPSA) is 68.0 Å². The van der Waals surface area contributed by atoms with Gasteiger partial charge in [0.15, 0.2) is 0 Å². The Kier molecular flexibility index (Phi) is 4.91. The lowest BCUT2D eigenvalue weighted by molar-refractivity contribution is 0.628. The first-order valence-electron chi connectivity index (χ1n) is 9.82. The van der Waals surface area contributed by atoms with Gasteiger partial charge in [0, 0.05) is 28.6 Å². The molecule has 0 amide bonds. The van der Waals surface area contributed by atoms with Gasteiger partial charge in [0.1, 0.15) is 17.5 Å². The zero-order valence-electron chi connectivity index (χ0n) is 17.0. The van der Waals surface area contributed by atoms with Crippen LogP contribution < -0.4 is 5.32 Å². The van der Waals surface area contributed by atoms with Crippen LogP contribution in [-0.4, -0.2) is 24.6 Å². The third-order valence-electron chi connectivity index (χ3n) is 5.00. The first-order chi connectivity index (χ1) is 15.1. The van der Waals surface area contributed by atoms with E-state index in [9.17, 15) is 4.39 Å². The fourth-order valence-corrected chi connectivity index (χ4v) is 4.34. The molecule has 0 aliphatic carbocycles. The molecule has 5 aromatic rings. The van der Waals surface area contributed by atoms with Crippen LogP contribution in [-0.2, 0) is 6.42 Å². The molecule has 0 aliphatic heterocycles. The first-order valence-corrected chi connectivity index (χ1v) is 10.7. The van der Waals surface area contributed by atoms with Crippen LogP contribution in [0.25, 0.3) is 16.2 Å². The van der Waals surface area contributed by atoms with Gasteiger partial charge >= 0.3 is 0 Å². The maximum absolute atomic E-state index is 13.3. The molecule has 31 heavy (non-hydrogen) atoms. The lowest BCUT2D eigenvalue weighted by Crippen LogP contribution is -2.07. The molecule has 0 unspecified atom stereocenters. The van der Waals surface area contributed by atoms with Crippen LogP contribution in [0.2, 0.25) is 0 Å². The summed E-state index contributed by atoms with van der Waals surface area (Å²) in [4.78, 5) is 14.5. The number of fused-ring (bicyclic) bond motifs is 1. The zero-order chi connectivity index (χ0) is 21.4. The minimum atomic E-state index is -0.267. The van der Waals surface area contributed by atoms with Crippen LogP contribution in [0.4, 0.5) is 16.2 Å². The van der Waals surface area contributed by atoms with Crippen molar-refractivity contribution >= 4 is 28.1 Å². The molecule has 0 spiro atoms. The van der Waals surface area contributed by atoms with E-state index in [1.165, 1.54) is 29.0 Å². The van der Waals surface area contributed by atoms with E-state index in [-0.39, 0.29) is 5.82 Å². The number of thiazole rings is 1. The molecule has 8 heteroatoms. The van der Waals surface area contributed by atoms with Gasteiger partial charge in [-0.25, -0.2) is 18.9 Å². The van der Waals surface area contributed by atoms with E-state index in [2.05, 4.69) is 37.5 Å². The number of aryl methyl sites for hydroxylation is 2. The molecule has 3 aromatic heterocycles. The Hall–Kier alpha value is -3.65. The van der Waals surface area contributed by atoms with Gasteiger partial charge in [-0.2, -0.15) is 4.98 Å². The Morgan fingerprint density at radius 1 is 0.968 bits per heavy atom. The lowest BCUT2D eigenvalue weighted by Gasteiger charge is -2.12. The quantitative estimate of drug-likeness (QED) is 0.408. The molecule has 0 fully saturated rings. The van der Waals surface area contributed by atoms with E-state index in [0.29, 0.717) is 24.0 Å². The van der Waals surface area contributed by atoms with E-state index in [1.54, 1.807) is 16.6 Å². The minimum Gasteiger partial charge on any atom is -0.307 e. The summed E-state index contributed by atoms with van der Waals surface area (Å²) in [5, 5.41) is 9.88. The van der Waals surface area contributed by atoms with Gasteiger partial charge in [0.05, 0.1) is 5.69 Å². The van der Waals surface area contributed by atoms with Gasteiger partial charge < -0.3 is 5.32 Å². The summed E-state index contributed by atoms with van der Waals surface area (Å²) in [6, 6.07) is 16.6. The second-order valence-electron chi connectivity index (χ2n) is 7.23. The Bertz CT molecular complexity index is 1360. The molecular weight excluding hydrogens is 411 g/mol. The Labute approximate surface area is 182 Å². The summed E-state index contributed by atoms with van der Waals surface area (Å²) >= 11 is 1.48. The molecule has 3 heterocycles. The SMILES string of the molecule is Cc1nc(C)c(Cc2ccccc2)c(Nc2nc3scc(-c4ccc(F)cc4)n3n2)n1. The summed E-state index contributed by atoms with van der Waals surface area (Å²) in [6.07, 6.45) is 0.707. The number of anilines is 2. The highest BCUT2D eigenvalue weighted by molar-refractivity contribution is 7.15. The number of nitrogens with zero attached hydrogens (tertiary/aromatic N) is 5.